The fourth-order valence-electron chi connectivity index (χ4n) is 7.64. The Labute approximate surface area is 234 Å². The molecule has 0 bridgehead atoms. The first-order valence-electron chi connectivity index (χ1n) is 15.3. The maximum absolute atomic E-state index is 14.0. The van der Waals surface area contributed by atoms with E-state index in [-0.39, 0.29) is 11.2 Å². The largest absolute Gasteiger partial charge is 0.378 e. The molecular weight excluding hydrogens is 480 g/mol. The van der Waals surface area contributed by atoms with Crippen molar-refractivity contribution in [1.29, 1.82) is 5.26 Å². The van der Waals surface area contributed by atoms with E-state index in [2.05, 4.69) is 43.9 Å². The van der Waals surface area contributed by atoms with Crippen LogP contribution in [-0.4, -0.2) is 31.6 Å². The van der Waals surface area contributed by atoms with E-state index in [1.807, 2.05) is 18.2 Å². The van der Waals surface area contributed by atoms with Crippen LogP contribution in [0, 0.1) is 17.2 Å². The van der Waals surface area contributed by atoms with Crippen molar-refractivity contribution in [3.05, 3.63) is 69.3 Å². The molecule has 4 aliphatic rings. The van der Waals surface area contributed by atoms with E-state index in [0.717, 1.165) is 79.1 Å². The van der Waals surface area contributed by atoms with Gasteiger partial charge in [0.2, 0.25) is 0 Å². The highest BCUT2D eigenvalue weighted by Crippen LogP contribution is 2.51. The van der Waals surface area contributed by atoms with Gasteiger partial charge in [0.05, 0.1) is 17.7 Å². The molecule has 1 saturated heterocycles. The summed E-state index contributed by atoms with van der Waals surface area (Å²) in [5.74, 6) is 1.03. The van der Waals surface area contributed by atoms with Crippen LogP contribution in [-0.2, 0) is 23.0 Å². The second-order valence-corrected chi connectivity index (χ2v) is 12.7. The van der Waals surface area contributed by atoms with Crippen molar-refractivity contribution in [2.75, 3.05) is 24.6 Å². The minimum atomic E-state index is -0.244. The summed E-state index contributed by atoms with van der Waals surface area (Å²) >= 11 is 0. The van der Waals surface area contributed by atoms with Crippen LogP contribution in [0.25, 0.3) is 5.57 Å². The Hall–Kier alpha value is -2.90. The van der Waals surface area contributed by atoms with Gasteiger partial charge in [0.25, 0.3) is 0 Å². The molecule has 4 nitrogen and oxygen atoms in total. The first-order valence-corrected chi connectivity index (χ1v) is 15.3. The van der Waals surface area contributed by atoms with Gasteiger partial charge in [0, 0.05) is 41.9 Å². The lowest BCUT2D eigenvalue weighted by Crippen LogP contribution is -2.38. The first kappa shape index (κ1) is 26.3. The predicted octanol–water partition coefficient (Wildman–Crippen LogP) is 7.56. The lowest BCUT2D eigenvalue weighted by Gasteiger charge is -2.39. The van der Waals surface area contributed by atoms with Gasteiger partial charge in [-0.2, -0.15) is 5.26 Å². The summed E-state index contributed by atoms with van der Waals surface area (Å²) in [6.07, 6.45) is 12.4. The minimum Gasteiger partial charge on any atom is -0.378 e. The Kier molecular flexibility index (Phi) is 7.15. The Morgan fingerprint density at radius 2 is 1.79 bits per heavy atom. The zero-order valence-corrected chi connectivity index (χ0v) is 23.9. The van der Waals surface area contributed by atoms with E-state index in [0.29, 0.717) is 11.7 Å². The van der Waals surface area contributed by atoms with Crippen LogP contribution in [0.4, 0.5) is 5.69 Å². The standard InChI is InChI=1S/C35H42N2O2/c1-4-25-19-29-30(35(2,3)31-20-26-18-24(22-36)10-11-28(26)33(31)34(29)38)21-32(25)37-15-12-27(13-16-37)39-17-14-23-8-6-5-7-9-23/h10-11,18-19,21,23,27H,4-9,12-17,20H2,1-3H3. The van der Waals surface area contributed by atoms with Gasteiger partial charge < -0.3 is 9.64 Å². The average Bonchev–Trinajstić information content (AvgIpc) is 3.36. The van der Waals surface area contributed by atoms with Crippen molar-refractivity contribution in [3.63, 3.8) is 0 Å². The van der Waals surface area contributed by atoms with Crippen molar-refractivity contribution in [2.24, 2.45) is 5.92 Å². The van der Waals surface area contributed by atoms with E-state index < -0.39 is 0 Å². The molecule has 0 spiro atoms. The highest BCUT2D eigenvalue weighted by Gasteiger charge is 2.43. The van der Waals surface area contributed by atoms with Crippen molar-refractivity contribution in [2.45, 2.75) is 96.5 Å². The molecule has 0 atom stereocenters. The highest BCUT2D eigenvalue weighted by atomic mass is 16.5. The van der Waals surface area contributed by atoms with E-state index in [1.54, 1.807) is 0 Å². The van der Waals surface area contributed by atoms with Gasteiger partial charge in [-0.3, -0.25) is 4.79 Å². The number of aryl methyl sites for hydroxylation is 1. The smallest absolute Gasteiger partial charge is 0.193 e. The number of fused-ring (bicyclic) bond motifs is 3. The number of hydrogen-bond donors (Lipinski definition) is 0. The van der Waals surface area contributed by atoms with Gasteiger partial charge in [-0.05, 0) is 90.1 Å². The summed E-state index contributed by atoms with van der Waals surface area (Å²) in [5, 5.41) is 9.41. The number of carbonyl (C=O) groups excluding carboxylic acids is 1. The number of piperidine rings is 1. The molecule has 39 heavy (non-hydrogen) atoms. The van der Waals surface area contributed by atoms with Crippen LogP contribution in [0.1, 0.15) is 110 Å². The Balaban J connectivity index is 1.20. The number of ether oxygens (including phenoxy) is 1. The Bertz CT molecular complexity index is 1350. The van der Waals surface area contributed by atoms with Crippen LogP contribution >= 0.6 is 0 Å². The third-order valence-electron chi connectivity index (χ3n) is 10.1. The van der Waals surface area contributed by atoms with Crippen molar-refractivity contribution in [3.8, 4) is 6.07 Å². The quantitative estimate of drug-likeness (QED) is 0.393. The SMILES string of the molecule is CCc1cc2c(cc1N1CCC(OCCC3CCCCC3)CC1)C(C)(C)C1=C(C2=O)c2ccc(C#N)cc2C1. The van der Waals surface area contributed by atoms with Crippen LogP contribution in [0.3, 0.4) is 0 Å². The molecule has 0 aromatic heterocycles. The predicted molar refractivity (Wildman–Crippen MR) is 157 cm³/mol. The molecule has 2 aromatic rings. The van der Waals surface area contributed by atoms with E-state index >= 15 is 0 Å². The summed E-state index contributed by atoms with van der Waals surface area (Å²) < 4.78 is 6.36. The molecule has 1 saturated carbocycles. The summed E-state index contributed by atoms with van der Waals surface area (Å²) in [5.41, 5.74) is 9.17. The lowest BCUT2D eigenvalue weighted by molar-refractivity contribution is 0.0270. The molecule has 1 aliphatic heterocycles. The number of anilines is 1. The number of allylic oxidation sites excluding steroid dienone is 2. The summed E-state index contributed by atoms with van der Waals surface area (Å²) in [4.78, 5) is 16.5. The molecule has 0 amide bonds. The second-order valence-electron chi connectivity index (χ2n) is 12.7. The number of nitriles is 1. The van der Waals surface area contributed by atoms with Gasteiger partial charge in [-0.15, -0.1) is 0 Å². The number of hydrogen-bond acceptors (Lipinski definition) is 4. The van der Waals surface area contributed by atoms with Crippen LogP contribution in [0.5, 0.6) is 0 Å². The van der Waals surface area contributed by atoms with Gasteiger partial charge in [-0.1, -0.05) is 58.9 Å². The molecule has 6 rings (SSSR count). The highest BCUT2D eigenvalue weighted by molar-refractivity contribution is 6.33. The van der Waals surface area contributed by atoms with Gasteiger partial charge in [-0.25, -0.2) is 0 Å². The van der Waals surface area contributed by atoms with Gasteiger partial charge in [0.15, 0.2) is 5.78 Å². The van der Waals surface area contributed by atoms with E-state index in [1.165, 1.54) is 55.3 Å². The van der Waals surface area contributed by atoms with Crippen LogP contribution in [0.15, 0.2) is 35.9 Å². The fourth-order valence-corrected chi connectivity index (χ4v) is 7.64. The van der Waals surface area contributed by atoms with E-state index in [9.17, 15) is 10.1 Å². The fraction of sp³-hybridized carbons (Fsp3) is 0.543. The molecule has 4 heteroatoms. The maximum atomic E-state index is 14.0. The molecule has 0 radical (unpaired) electrons. The third kappa shape index (κ3) is 4.74. The summed E-state index contributed by atoms with van der Waals surface area (Å²) in [6.45, 7) is 9.66. The maximum Gasteiger partial charge on any atom is 0.193 e. The van der Waals surface area contributed by atoms with Crippen molar-refractivity contribution >= 4 is 17.0 Å². The summed E-state index contributed by atoms with van der Waals surface area (Å²) in [6, 6.07) is 12.6. The molecule has 3 aliphatic carbocycles. The number of Topliss-reactive ketones (excluding diaryl/α,β-unsaturated/α-hetero) is 1. The van der Waals surface area contributed by atoms with Crippen LogP contribution in [0.2, 0.25) is 0 Å². The van der Waals surface area contributed by atoms with Crippen LogP contribution < -0.4 is 4.90 Å². The van der Waals surface area contributed by atoms with Crippen molar-refractivity contribution in [1.82, 2.24) is 0 Å². The molecular formula is C35H42N2O2. The molecule has 2 fully saturated rings. The van der Waals surface area contributed by atoms with Gasteiger partial charge in [0.1, 0.15) is 0 Å². The Morgan fingerprint density at radius 3 is 2.51 bits per heavy atom. The normalized spacial score (nSPS) is 21.0. The number of rotatable bonds is 6. The number of carbonyl (C=O) groups is 1. The zero-order valence-electron chi connectivity index (χ0n) is 23.9. The molecule has 204 valence electrons. The topological polar surface area (TPSA) is 53.3 Å². The molecule has 2 aromatic carbocycles. The monoisotopic (exact) mass is 522 g/mol. The second kappa shape index (κ2) is 10.6. The number of ketones is 1. The zero-order chi connectivity index (χ0) is 27.1. The molecule has 1 heterocycles. The Morgan fingerprint density at radius 1 is 1.03 bits per heavy atom. The van der Waals surface area contributed by atoms with Gasteiger partial charge >= 0.3 is 0 Å². The molecule has 0 N–H and O–H groups in total. The molecule has 0 unspecified atom stereocenters. The van der Waals surface area contributed by atoms with E-state index in [4.69, 9.17) is 4.74 Å². The average molecular weight is 523 g/mol. The van der Waals surface area contributed by atoms with Crippen molar-refractivity contribution < 1.29 is 9.53 Å². The lowest BCUT2D eigenvalue weighted by atomic mass is 9.68. The number of nitrogens with zero attached hydrogens (tertiary/aromatic N) is 2. The minimum absolute atomic E-state index is 0.147. The number of benzene rings is 2. The first-order chi connectivity index (χ1) is 18.9. The summed E-state index contributed by atoms with van der Waals surface area (Å²) in [7, 11) is 0. The third-order valence-corrected chi connectivity index (χ3v) is 10.1.